The van der Waals surface area contributed by atoms with E-state index < -0.39 is 0 Å². The molecule has 0 amide bonds. The van der Waals surface area contributed by atoms with Crippen LogP contribution in [0.5, 0.6) is 0 Å². The van der Waals surface area contributed by atoms with Gasteiger partial charge in [0.15, 0.2) is 0 Å². The molecule has 0 aliphatic heterocycles. The first-order valence-electron chi connectivity index (χ1n) is 1.000. The molecule has 0 atom stereocenters. The quantitative estimate of drug-likeness (QED) is 0.241. The molecular weight excluding hydrogens is 454 g/mol. The SMILES string of the molecule is N=CN.[Br][Pb][I]. The molecule has 3 N–H and O–H groups in total. The molecule has 0 rings (SSSR count). The van der Waals surface area contributed by atoms with Crippen LogP contribution in [0, 0.1) is 5.41 Å². The first-order valence-corrected chi connectivity index (χ1v) is 20.4. The number of halogens is 2. The molecule has 6 heavy (non-hydrogen) atoms. The van der Waals surface area contributed by atoms with Gasteiger partial charge in [-0.25, -0.2) is 0 Å². The van der Waals surface area contributed by atoms with Crippen LogP contribution < -0.4 is 5.73 Å². The van der Waals surface area contributed by atoms with Crippen molar-refractivity contribution in [2.75, 3.05) is 0 Å². The molecule has 0 saturated heterocycles. The van der Waals surface area contributed by atoms with Crippen LogP contribution in [0.15, 0.2) is 0 Å². The van der Waals surface area contributed by atoms with E-state index in [-0.39, 0.29) is 17.5 Å². The zero-order valence-electron chi connectivity index (χ0n) is 2.91. The molecule has 2 nitrogen and oxygen atoms in total. The Hall–Kier alpha value is 1.60. The van der Waals surface area contributed by atoms with Crippen LogP contribution >= 0.6 is 29.7 Å². The molecular formula is CH4BrIN2Pb. The van der Waals surface area contributed by atoms with Crippen LogP contribution in [-0.4, -0.2) is 23.9 Å². The molecule has 0 aromatic carbocycles. The van der Waals surface area contributed by atoms with Gasteiger partial charge in [-0.15, -0.1) is 0 Å². The fraction of sp³-hybridized carbons (Fsp3) is 0. The summed E-state index contributed by atoms with van der Waals surface area (Å²) in [5.74, 6) is 0. The van der Waals surface area contributed by atoms with Crippen molar-refractivity contribution >= 4 is 53.6 Å². The minimum atomic E-state index is -0.134. The summed E-state index contributed by atoms with van der Waals surface area (Å²) in [6, 6.07) is 0. The Morgan fingerprint density at radius 2 is 2.00 bits per heavy atom. The van der Waals surface area contributed by atoms with Gasteiger partial charge in [-0.2, -0.15) is 0 Å². The Morgan fingerprint density at radius 1 is 2.00 bits per heavy atom. The molecule has 5 heteroatoms. The minimum absolute atomic E-state index is 0.134. The van der Waals surface area contributed by atoms with Crippen molar-refractivity contribution in [3.8, 4) is 0 Å². The van der Waals surface area contributed by atoms with E-state index in [0.717, 1.165) is 6.34 Å². The van der Waals surface area contributed by atoms with Crippen molar-refractivity contribution in [2.45, 2.75) is 0 Å². The van der Waals surface area contributed by atoms with Crippen molar-refractivity contribution in [1.82, 2.24) is 0 Å². The van der Waals surface area contributed by atoms with Crippen LogP contribution in [0.25, 0.3) is 0 Å². The normalized spacial score (nSPS) is 5.00. The third-order valence-electron chi connectivity index (χ3n) is 0. The van der Waals surface area contributed by atoms with Gasteiger partial charge in [0, 0.05) is 0 Å². The maximum atomic E-state index is 5.86. The third kappa shape index (κ3) is 46.2. The second kappa shape index (κ2) is 16.0. The van der Waals surface area contributed by atoms with E-state index in [9.17, 15) is 0 Å². The van der Waals surface area contributed by atoms with Gasteiger partial charge in [-0.1, -0.05) is 0 Å². The average molecular weight is 458 g/mol. The number of rotatable bonds is 0. The van der Waals surface area contributed by atoms with Gasteiger partial charge in [0.25, 0.3) is 0 Å². The van der Waals surface area contributed by atoms with Crippen molar-refractivity contribution in [1.29, 1.82) is 5.41 Å². The summed E-state index contributed by atoms with van der Waals surface area (Å²) in [5.41, 5.74) is 4.39. The van der Waals surface area contributed by atoms with E-state index in [1.54, 1.807) is 0 Å². The van der Waals surface area contributed by atoms with Gasteiger partial charge in [0.05, 0.1) is 6.34 Å². The van der Waals surface area contributed by atoms with Gasteiger partial charge in [0.2, 0.25) is 0 Å². The van der Waals surface area contributed by atoms with E-state index in [4.69, 9.17) is 5.41 Å². The molecule has 0 aliphatic carbocycles. The van der Waals surface area contributed by atoms with Crippen LogP contribution in [0.2, 0.25) is 0 Å². The Bertz CT molecular complexity index is 27.5. The number of nitrogens with one attached hydrogen (secondary N) is 1. The molecule has 0 aliphatic rings. The molecule has 0 spiro atoms. The van der Waals surface area contributed by atoms with Gasteiger partial charge in [-0.3, -0.25) is 5.41 Å². The van der Waals surface area contributed by atoms with Crippen LogP contribution in [-0.2, 0) is 0 Å². The number of nitrogens with two attached hydrogens (primary N) is 1. The molecule has 0 fully saturated rings. The van der Waals surface area contributed by atoms with E-state index in [2.05, 4.69) is 35.5 Å². The molecule has 0 heterocycles. The Balaban J connectivity index is 0. The topological polar surface area (TPSA) is 49.9 Å². The molecule has 36 valence electrons. The average Bonchev–Trinajstić information content (AvgIpc) is 1.39. The zero-order valence-corrected chi connectivity index (χ0v) is 10.5. The molecule has 0 saturated carbocycles. The summed E-state index contributed by atoms with van der Waals surface area (Å²) >= 11 is 5.59. The van der Waals surface area contributed by atoms with Gasteiger partial charge < -0.3 is 5.73 Å². The van der Waals surface area contributed by atoms with E-state index in [1.165, 1.54) is 0 Å². The van der Waals surface area contributed by atoms with Crippen molar-refractivity contribution in [3.05, 3.63) is 0 Å². The third-order valence-corrected chi connectivity index (χ3v) is 0. The molecule has 0 bridgehead atoms. The van der Waals surface area contributed by atoms with Crippen molar-refractivity contribution in [3.63, 3.8) is 0 Å². The van der Waals surface area contributed by atoms with Gasteiger partial charge >= 0.3 is 47.3 Å². The Morgan fingerprint density at radius 3 is 2.00 bits per heavy atom. The van der Waals surface area contributed by atoms with Crippen molar-refractivity contribution < 1.29 is 0 Å². The first kappa shape index (κ1) is 10.6. The number of hydrogen-bond acceptors (Lipinski definition) is 1. The van der Waals surface area contributed by atoms with Crippen LogP contribution in [0.1, 0.15) is 0 Å². The maximum absolute atomic E-state index is 5.86. The molecule has 0 aromatic heterocycles. The zero-order chi connectivity index (χ0) is 5.41. The number of hydrogen-bond donors (Lipinski definition) is 2. The summed E-state index contributed by atoms with van der Waals surface area (Å²) in [7, 11) is 0. The second-order valence-electron chi connectivity index (χ2n) is 0.238. The fourth-order valence-electron chi connectivity index (χ4n) is 0. The van der Waals surface area contributed by atoms with Crippen LogP contribution in [0.3, 0.4) is 0 Å². The second-order valence-corrected chi connectivity index (χ2v) is 22.0. The molecule has 2 radical (unpaired) electrons. The summed E-state index contributed by atoms with van der Waals surface area (Å²) in [6.45, 7) is 0. The molecule has 0 aromatic rings. The summed E-state index contributed by atoms with van der Waals surface area (Å²) < 4.78 is 0. The summed E-state index contributed by atoms with van der Waals surface area (Å²) in [6.07, 6.45) is 0.750. The van der Waals surface area contributed by atoms with Crippen LogP contribution in [0.4, 0.5) is 0 Å². The van der Waals surface area contributed by atoms with E-state index >= 15 is 0 Å². The molecule has 0 unspecified atom stereocenters. The standard InChI is InChI=1S/CH4N2.BrH.HI.Pb/c2-1-3;;;/h1H,(H3,2,3);2*1H;/q;;;+2/p-2. The predicted molar refractivity (Wildman–Crippen MR) is 41.7 cm³/mol. The fourth-order valence-corrected chi connectivity index (χ4v) is 0. The van der Waals surface area contributed by atoms with E-state index in [1.807, 2.05) is 0 Å². The Kier molecular flexibility index (Phi) is 28.1. The monoisotopic (exact) mass is 458 g/mol. The Labute approximate surface area is 63.7 Å². The first-order chi connectivity index (χ1) is 2.83. The predicted octanol–water partition coefficient (Wildman–Crippen LogP) is 0.903. The van der Waals surface area contributed by atoms with E-state index in [0.29, 0.717) is 0 Å². The van der Waals surface area contributed by atoms with Crippen molar-refractivity contribution in [2.24, 2.45) is 5.73 Å². The van der Waals surface area contributed by atoms with Gasteiger partial charge in [-0.05, 0) is 0 Å². The summed E-state index contributed by atoms with van der Waals surface area (Å²) in [5, 5.41) is 5.86. The van der Waals surface area contributed by atoms with Gasteiger partial charge in [0.1, 0.15) is 0 Å². The summed E-state index contributed by atoms with van der Waals surface area (Å²) in [4.78, 5) is 0.